The Balaban J connectivity index is 0.00000181. The van der Waals surface area contributed by atoms with Gasteiger partial charge in [0.15, 0.2) is 0 Å². The molecule has 170 valence electrons. The molecule has 0 saturated carbocycles. The molecule has 0 radical (unpaired) electrons. The van der Waals surface area contributed by atoms with Crippen LogP contribution in [0, 0.1) is 0 Å². The second-order valence-corrected chi connectivity index (χ2v) is 20.6. The van der Waals surface area contributed by atoms with Gasteiger partial charge in [-0.2, -0.15) is 0 Å². The number of benzene rings is 2. The van der Waals surface area contributed by atoms with E-state index in [0.717, 1.165) is 12.8 Å². The van der Waals surface area contributed by atoms with Crippen LogP contribution in [0.25, 0.3) is 11.1 Å². The van der Waals surface area contributed by atoms with Gasteiger partial charge in [-0.15, -0.1) is 0 Å². The summed E-state index contributed by atoms with van der Waals surface area (Å²) in [5, 5.41) is 1.78. The van der Waals surface area contributed by atoms with E-state index in [1.165, 1.54) is 22.4 Å². The molecule has 0 N–H and O–H groups in total. The van der Waals surface area contributed by atoms with E-state index >= 15 is 0 Å². The first-order valence-corrected chi connectivity index (χ1v) is 20.1. The topological polar surface area (TPSA) is 9.23 Å². The van der Waals surface area contributed by atoms with Gasteiger partial charge in [-0.05, 0) is 0 Å². The summed E-state index contributed by atoms with van der Waals surface area (Å²) in [6, 6.07) is 16.1. The second kappa shape index (κ2) is 10.9. The Labute approximate surface area is 221 Å². The standard InChI is InChI=1S/C14H11.C12H23OSi2.2ClH.Zr/c1-10-11-6-2-4-8-13(11)14-9-5-3-7-12(10)14;1-7-10-11(13-15(4,5)6)8-9-12(10)14(2)3;;;/h2-6,8-10H,1H3;14H,7-8H2,1-6H3;2*1H;/q;;;;+2/p-2. The predicted molar refractivity (Wildman–Crippen MR) is 131 cm³/mol. The Morgan fingerprint density at radius 1 is 1.00 bits per heavy atom. The van der Waals surface area contributed by atoms with Crippen molar-refractivity contribution < 1.29 is 52.5 Å². The van der Waals surface area contributed by atoms with Crippen LogP contribution in [0.1, 0.15) is 43.7 Å². The first kappa shape index (κ1) is 27.9. The SMILES string of the molecule is CCC1=C(O[Si](C)(C)C)C[C]([Zr+2][c]2cccc3c2C(C)c2ccccc2-3)=C1[SiH](C)C.[Cl-].[Cl-]. The normalized spacial score (nSPS) is 16.9. The summed E-state index contributed by atoms with van der Waals surface area (Å²) in [6.07, 6.45) is 2.23. The van der Waals surface area contributed by atoms with Crippen molar-refractivity contribution in [2.75, 3.05) is 0 Å². The summed E-state index contributed by atoms with van der Waals surface area (Å²) in [4.78, 5) is 0. The molecule has 0 fully saturated rings. The number of hydrogen-bond acceptors (Lipinski definition) is 1. The molecule has 0 saturated heterocycles. The fourth-order valence-corrected chi connectivity index (χ4v) is 14.3. The molecule has 2 aliphatic carbocycles. The third-order valence-electron chi connectivity index (χ3n) is 6.23. The summed E-state index contributed by atoms with van der Waals surface area (Å²) in [5.74, 6) is 1.86. The van der Waals surface area contributed by atoms with Crippen molar-refractivity contribution in [2.24, 2.45) is 0 Å². The zero-order valence-corrected chi connectivity index (χ0v) is 26.4. The van der Waals surface area contributed by atoms with Crippen molar-refractivity contribution in [1.82, 2.24) is 0 Å². The maximum absolute atomic E-state index is 6.64. The Hall–Kier alpha value is -0.383. The van der Waals surface area contributed by atoms with E-state index in [9.17, 15) is 0 Å². The van der Waals surface area contributed by atoms with Gasteiger partial charge in [0.25, 0.3) is 0 Å². The average molecular weight is 581 g/mol. The van der Waals surface area contributed by atoms with Gasteiger partial charge in [-0.3, -0.25) is 0 Å². The van der Waals surface area contributed by atoms with Gasteiger partial charge in [0.05, 0.1) is 0 Å². The first-order valence-electron chi connectivity index (χ1n) is 11.3. The van der Waals surface area contributed by atoms with Gasteiger partial charge in [0.2, 0.25) is 0 Å². The molecule has 0 bridgehead atoms. The molecule has 0 spiro atoms. The molecule has 1 nitrogen and oxygen atoms in total. The molecule has 0 heterocycles. The quantitative estimate of drug-likeness (QED) is 0.458. The number of rotatable bonds is 6. The molecular formula is C26H34Cl2OSi2Zr. The predicted octanol–water partition coefficient (Wildman–Crippen LogP) is 0.734. The van der Waals surface area contributed by atoms with Crippen molar-refractivity contribution in [3.8, 4) is 11.1 Å². The van der Waals surface area contributed by atoms with Crippen LogP contribution in [0.15, 0.2) is 62.3 Å². The molecule has 6 heteroatoms. The number of hydrogen-bond donors (Lipinski definition) is 0. The molecule has 2 aliphatic rings. The molecule has 1 unspecified atom stereocenters. The molecule has 2 aromatic rings. The minimum absolute atomic E-state index is 0. The van der Waals surface area contributed by atoms with Crippen LogP contribution in [0.4, 0.5) is 0 Å². The van der Waals surface area contributed by atoms with Gasteiger partial charge in [0, 0.05) is 0 Å². The van der Waals surface area contributed by atoms with Crippen LogP contribution in [0.2, 0.25) is 32.7 Å². The summed E-state index contributed by atoms with van der Waals surface area (Å²) in [5.41, 5.74) is 7.66. The zero-order chi connectivity index (χ0) is 21.6. The third kappa shape index (κ3) is 5.30. The van der Waals surface area contributed by atoms with E-state index < -0.39 is 40.3 Å². The van der Waals surface area contributed by atoms with Crippen LogP contribution in [0.5, 0.6) is 0 Å². The molecule has 4 rings (SSSR count). The van der Waals surface area contributed by atoms with Gasteiger partial charge in [-0.25, -0.2) is 0 Å². The Bertz CT molecular complexity index is 1050. The van der Waals surface area contributed by atoms with Gasteiger partial charge < -0.3 is 24.8 Å². The van der Waals surface area contributed by atoms with E-state index in [1.807, 2.05) is 3.28 Å². The fourth-order valence-electron chi connectivity index (χ4n) is 5.17. The van der Waals surface area contributed by atoms with E-state index in [1.54, 1.807) is 19.6 Å². The largest absolute Gasteiger partial charge is 1.00 e. The molecule has 0 aliphatic heterocycles. The number of allylic oxidation sites excluding steroid dienone is 3. The summed E-state index contributed by atoms with van der Waals surface area (Å²) >= 11 is -0.866. The maximum atomic E-state index is 6.64. The van der Waals surface area contributed by atoms with Crippen molar-refractivity contribution in [3.05, 3.63) is 73.4 Å². The van der Waals surface area contributed by atoms with E-state index in [-0.39, 0.29) is 24.8 Å². The number of fused-ring (bicyclic) bond motifs is 3. The van der Waals surface area contributed by atoms with Crippen molar-refractivity contribution in [3.63, 3.8) is 0 Å². The number of halogens is 2. The van der Waals surface area contributed by atoms with Crippen LogP contribution >= 0.6 is 0 Å². The van der Waals surface area contributed by atoms with Crippen LogP contribution in [0.3, 0.4) is 0 Å². The molecule has 32 heavy (non-hydrogen) atoms. The minimum atomic E-state index is -1.59. The average Bonchev–Trinajstić information content (AvgIpc) is 3.16. The molecule has 2 aromatic carbocycles. The van der Waals surface area contributed by atoms with Crippen molar-refractivity contribution in [1.29, 1.82) is 0 Å². The molecular weight excluding hydrogens is 547 g/mol. The van der Waals surface area contributed by atoms with E-state index in [0.29, 0.717) is 5.92 Å². The molecule has 0 amide bonds. The van der Waals surface area contributed by atoms with Crippen LogP contribution in [-0.4, -0.2) is 17.1 Å². The van der Waals surface area contributed by atoms with Gasteiger partial charge in [0.1, 0.15) is 0 Å². The van der Waals surface area contributed by atoms with E-state index in [4.69, 9.17) is 4.43 Å². The van der Waals surface area contributed by atoms with Crippen LogP contribution < -0.4 is 28.1 Å². The maximum Gasteiger partial charge on any atom is -1.00 e. The monoisotopic (exact) mass is 578 g/mol. The summed E-state index contributed by atoms with van der Waals surface area (Å²) in [7, 11) is -2.49. The first-order chi connectivity index (χ1) is 14.2. The zero-order valence-electron chi connectivity index (χ0n) is 20.3. The van der Waals surface area contributed by atoms with Crippen molar-refractivity contribution >= 4 is 20.4 Å². The van der Waals surface area contributed by atoms with E-state index in [2.05, 4.69) is 89.0 Å². The Morgan fingerprint density at radius 3 is 2.28 bits per heavy atom. The van der Waals surface area contributed by atoms with Gasteiger partial charge >= 0.3 is 198 Å². The molecule has 1 atom stereocenters. The summed E-state index contributed by atoms with van der Waals surface area (Å²) < 4.78 is 10.1. The second-order valence-electron chi connectivity index (χ2n) is 9.89. The van der Waals surface area contributed by atoms with Crippen LogP contribution in [-0.2, 0) is 27.7 Å². The fraction of sp³-hybridized carbons (Fsp3) is 0.385. The van der Waals surface area contributed by atoms with Crippen molar-refractivity contribution in [2.45, 2.75) is 65.3 Å². The minimum Gasteiger partial charge on any atom is -1.00 e. The summed E-state index contributed by atoms with van der Waals surface area (Å²) in [6.45, 7) is 16.7. The Kier molecular flexibility index (Phi) is 9.50. The smallest absolute Gasteiger partial charge is 1.00 e. The van der Waals surface area contributed by atoms with Gasteiger partial charge in [-0.1, -0.05) is 0 Å². The third-order valence-corrected chi connectivity index (χ3v) is 13.2. The Morgan fingerprint density at radius 2 is 1.66 bits per heavy atom. The molecule has 0 aromatic heterocycles.